The summed E-state index contributed by atoms with van der Waals surface area (Å²) in [5, 5.41) is 7.54. The van der Waals surface area contributed by atoms with Gasteiger partial charge in [-0.15, -0.1) is 0 Å². The summed E-state index contributed by atoms with van der Waals surface area (Å²) < 4.78 is 0. The number of hydrogen-bond acceptors (Lipinski definition) is 6. The Morgan fingerprint density at radius 3 is 1.60 bits per heavy atom. The fraction of sp³-hybridized carbons (Fsp3) is 0.0192. The van der Waals surface area contributed by atoms with Crippen LogP contribution in [0.3, 0.4) is 0 Å². The lowest BCUT2D eigenvalue weighted by molar-refractivity contribution is 1.32. The number of allylic oxidation sites excluding steroid dienone is 1. The van der Waals surface area contributed by atoms with Crippen molar-refractivity contribution in [3.05, 3.63) is 176 Å². The van der Waals surface area contributed by atoms with Gasteiger partial charge in [0.05, 0.1) is 56.0 Å². The molecule has 11 rings (SSSR count). The number of benzene rings is 6. The highest BCUT2D eigenvalue weighted by molar-refractivity contribution is 6.07. The van der Waals surface area contributed by atoms with Crippen molar-refractivity contribution in [2.75, 3.05) is 5.73 Å². The zero-order chi connectivity index (χ0) is 38.7. The van der Waals surface area contributed by atoms with E-state index in [1.807, 2.05) is 49.5 Å². The maximum atomic E-state index is 6.55. The van der Waals surface area contributed by atoms with Crippen LogP contribution < -0.4 is 5.73 Å². The smallest absolute Gasteiger partial charge is 0.0972 e. The molecule has 0 atom stereocenters. The minimum Gasteiger partial charge on any atom is -0.396 e. The first kappa shape index (κ1) is 33.5. The Labute approximate surface area is 334 Å². The number of nitrogens with zero attached hydrogens (tertiary/aromatic N) is 5. The van der Waals surface area contributed by atoms with E-state index in [0.717, 1.165) is 116 Å². The second-order valence-electron chi connectivity index (χ2n) is 14.7. The van der Waals surface area contributed by atoms with E-state index in [4.69, 9.17) is 25.7 Å². The summed E-state index contributed by atoms with van der Waals surface area (Å²) in [6.07, 6.45) is 5.82. The van der Waals surface area contributed by atoms with Gasteiger partial charge in [-0.25, -0.2) is 19.9 Å². The van der Waals surface area contributed by atoms with Crippen LogP contribution in [0.4, 0.5) is 5.69 Å². The molecule has 0 aliphatic carbocycles. The van der Waals surface area contributed by atoms with Crippen molar-refractivity contribution in [1.82, 2.24) is 24.9 Å². The third kappa shape index (κ3) is 5.61. The minimum absolute atomic E-state index is 0.670. The molecule has 6 aromatic carbocycles. The Morgan fingerprint density at radius 1 is 0.431 bits per heavy atom. The quantitative estimate of drug-likeness (QED) is 0.139. The summed E-state index contributed by atoms with van der Waals surface area (Å²) in [5.74, 6) is 0. The molecule has 0 spiro atoms. The number of rotatable bonds is 5. The van der Waals surface area contributed by atoms with Crippen LogP contribution in [-0.2, 0) is 0 Å². The maximum Gasteiger partial charge on any atom is 0.0972 e. The molecule has 0 saturated carbocycles. The zero-order valence-electron chi connectivity index (χ0n) is 31.6. The van der Waals surface area contributed by atoms with Crippen LogP contribution in [-0.4, -0.2) is 24.9 Å². The summed E-state index contributed by atoms with van der Waals surface area (Å²) in [7, 11) is 0. The molecule has 6 nitrogen and oxygen atoms in total. The van der Waals surface area contributed by atoms with Gasteiger partial charge in [-0.2, -0.15) is 0 Å². The lowest BCUT2D eigenvalue weighted by atomic mass is 9.95. The van der Waals surface area contributed by atoms with E-state index in [0.29, 0.717) is 5.69 Å². The highest BCUT2D eigenvalue weighted by Gasteiger charge is 2.15. The van der Waals surface area contributed by atoms with E-state index in [2.05, 4.69) is 138 Å². The third-order valence-electron chi connectivity index (χ3n) is 11.2. The average Bonchev–Trinajstić information content (AvgIpc) is 3.28. The lowest BCUT2D eigenvalue weighted by Gasteiger charge is -2.13. The molecule has 0 saturated heterocycles. The van der Waals surface area contributed by atoms with Gasteiger partial charge < -0.3 is 5.73 Å². The normalized spacial score (nSPS) is 11.9. The zero-order valence-corrected chi connectivity index (χ0v) is 31.6. The Bertz CT molecular complexity index is 3500. The first-order chi connectivity index (χ1) is 28.6. The van der Waals surface area contributed by atoms with Gasteiger partial charge in [-0.1, -0.05) is 127 Å². The first-order valence-electron chi connectivity index (χ1n) is 19.4. The van der Waals surface area contributed by atoms with Crippen molar-refractivity contribution >= 4 is 77.1 Å². The van der Waals surface area contributed by atoms with Gasteiger partial charge in [0.15, 0.2) is 0 Å². The maximum absolute atomic E-state index is 6.55. The predicted octanol–water partition coefficient (Wildman–Crippen LogP) is 12.9. The number of hydrogen-bond donors (Lipinski definition) is 1. The van der Waals surface area contributed by atoms with Crippen molar-refractivity contribution in [2.45, 2.75) is 6.92 Å². The Kier molecular flexibility index (Phi) is 7.76. The summed E-state index contributed by atoms with van der Waals surface area (Å²) >= 11 is 0. The van der Waals surface area contributed by atoms with Crippen molar-refractivity contribution in [3.63, 3.8) is 0 Å². The lowest BCUT2D eigenvalue weighted by Crippen LogP contribution is -1.96. The monoisotopic (exact) mass is 742 g/mol. The van der Waals surface area contributed by atoms with Gasteiger partial charge in [0, 0.05) is 44.3 Å². The molecule has 0 aliphatic rings. The van der Waals surface area contributed by atoms with Gasteiger partial charge in [0.1, 0.15) is 0 Å². The second kappa shape index (κ2) is 13.4. The number of fused-ring (bicyclic) bond motifs is 7. The molecule has 5 heterocycles. The topological polar surface area (TPSA) is 90.5 Å². The largest absolute Gasteiger partial charge is 0.396 e. The Morgan fingerprint density at radius 2 is 0.931 bits per heavy atom. The van der Waals surface area contributed by atoms with Crippen molar-refractivity contribution in [2.24, 2.45) is 0 Å². The molecule has 58 heavy (non-hydrogen) atoms. The van der Waals surface area contributed by atoms with Gasteiger partial charge in [0.2, 0.25) is 0 Å². The van der Waals surface area contributed by atoms with E-state index in [-0.39, 0.29) is 0 Å². The molecule has 0 fully saturated rings. The second-order valence-corrected chi connectivity index (χ2v) is 14.7. The minimum atomic E-state index is 0.670. The number of nitrogen functional groups attached to an aromatic ring is 1. The Balaban J connectivity index is 0.960. The summed E-state index contributed by atoms with van der Waals surface area (Å²) in [6, 6.07) is 54.8. The molecular formula is C52H34N6. The van der Waals surface area contributed by atoms with Crippen LogP contribution in [0.1, 0.15) is 12.5 Å². The van der Waals surface area contributed by atoms with E-state index in [1.54, 1.807) is 0 Å². The number of pyridine rings is 5. The van der Waals surface area contributed by atoms with E-state index in [1.165, 1.54) is 0 Å². The van der Waals surface area contributed by atoms with Crippen molar-refractivity contribution < 1.29 is 0 Å². The highest BCUT2D eigenvalue weighted by Crippen LogP contribution is 2.37. The van der Waals surface area contributed by atoms with Crippen LogP contribution in [0, 0.1) is 0 Å². The van der Waals surface area contributed by atoms with Gasteiger partial charge in [-0.3, -0.25) is 4.98 Å². The molecule has 0 aliphatic heterocycles. The molecule has 0 radical (unpaired) electrons. The molecular weight excluding hydrogens is 709 g/mol. The van der Waals surface area contributed by atoms with E-state index < -0.39 is 0 Å². The standard InChI is InChI=1S/C52H34N6/c1-2-6-33-12-13-35-21-27-46(58-50(35)49(33)53)45-26-19-32-11-17-38(30-48(32)56-45)37-16-10-31-18-24-43(55-47(31)29-37)41-22-23-42(40-9-4-3-8-39(40)41)44-25-20-36-15-14-34-7-5-28-54-51(34)52(36)57-44/h2-30H,53H2,1H3/b6-2-. The van der Waals surface area contributed by atoms with Crippen LogP contribution in [0.5, 0.6) is 0 Å². The van der Waals surface area contributed by atoms with Crippen LogP contribution in [0.15, 0.2) is 170 Å². The summed E-state index contributed by atoms with van der Waals surface area (Å²) in [6.45, 7) is 1.99. The van der Waals surface area contributed by atoms with Gasteiger partial charge in [0.25, 0.3) is 0 Å². The fourth-order valence-corrected chi connectivity index (χ4v) is 8.20. The Hall–Kier alpha value is -7.83. The summed E-state index contributed by atoms with van der Waals surface area (Å²) in [4.78, 5) is 25.2. The molecule has 11 aromatic rings. The fourth-order valence-electron chi connectivity index (χ4n) is 8.20. The number of anilines is 1. The van der Waals surface area contributed by atoms with Crippen LogP contribution in [0.25, 0.3) is 116 Å². The van der Waals surface area contributed by atoms with Crippen LogP contribution in [0.2, 0.25) is 0 Å². The van der Waals surface area contributed by atoms with Gasteiger partial charge in [-0.05, 0) is 76.9 Å². The SMILES string of the molecule is C/C=C\c1ccc2ccc(-c3ccc4ccc(-c5ccc6ccc(-c7ccc(-c8ccc9ccc%10cccnc%10c9n8)c8ccccc78)nc6c5)cc4n3)nc2c1N. The van der Waals surface area contributed by atoms with Gasteiger partial charge >= 0.3 is 0 Å². The molecule has 0 unspecified atom stereocenters. The first-order valence-corrected chi connectivity index (χ1v) is 19.4. The van der Waals surface area contributed by atoms with E-state index >= 15 is 0 Å². The van der Waals surface area contributed by atoms with Crippen molar-refractivity contribution in [3.8, 4) is 45.0 Å². The molecule has 0 amide bonds. The summed E-state index contributed by atoms with van der Waals surface area (Å²) in [5.41, 5.74) is 20.3. The van der Waals surface area contributed by atoms with Crippen LogP contribution >= 0.6 is 0 Å². The number of nitrogens with two attached hydrogens (primary N) is 1. The molecule has 2 N–H and O–H groups in total. The predicted molar refractivity (Wildman–Crippen MR) is 241 cm³/mol. The molecule has 0 bridgehead atoms. The van der Waals surface area contributed by atoms with Crippen molar-refractivity contribution in [1.29, 1.82) is 0 Å². The van der Waals surface area contributed by atoms with E-state index in [9.17, 15) is 0 Å². The molecule has 272 valence electrons. The number of aromatic nitrogens is 5. The molecule has 5 aromatic heterocycles. The highest BCUT2D eigenvalue weighted by atomic mass is 14.8. The average molecular weight is 743 g/mol. The molecule has 6 heteroatoms. The third-order valence-corrected chi connectivity index (χ3v) is 11.2.